The summed E-state index contributed by atoms with van der Waals surface area (Å²) in [5.74, 6) is -0.00345. The lowest BCUT2D eigenvalue weighted by Gasteiger charge is -2.14. The Morgan fingerprint density at radius 1 is 1.21 bits per heavy atom. The number of carbonyl (C=O) groups is 1. The van der Waals surface area contributed by atoms with Crippen molar-refractivity contribution in [2.24, 2.45) is 0 Å². The topological polar surface area (TPSA) is 48.1 Å². The number of aromatic nitrogens is 1. The van der Waals surface area contributed by atoms with Crippen LogP contribution in [-0.2, 0) is 13.1 Å². The summed E-state index contributed by atoms with van der Waals surface area (Å²) in [6.07, 6.45) is 4.60. The number of hydrogen-bond acceptors (Lipinski definition) is 3. The summed E-state index contributed by atoms with van der Waals surface area (Å²) >= 11 is 1.66. The molecule has 0 bridgehead atoms. The number of rotatable bonds is 5. The molecule has 1 amide bonds. The minimum absolute atomic E-state index is 0.00345. The SMILES string of the molecule is O=C(NCc1cccs1)c1cccc2[nH]cc(CN3CCCC3)c12. The normalized spacial score (nSPS) is 15.2. The van der Waals surface area contributed by atoms with Gasteiger partial charge in [-0.2, -0.15) is 0 Å². The van der Waals surface area contributed by atoms with Gasteiger partial charge in [0.05, 0.1) is 6.54 Å². The van der Waals surface area contributed by atoms with Gasteiger partial charge in [0.15, 0.2) is 0 Å². The second-order valence-electron chi connectivity index (χ2n) is 6.29. The van der Waals surface area contributed by atoms with E-state index in [1.807, 2.05) is 35.7 Å². The van der Waals surface area contributed by atoms with Crippen LogP contribution in [0.25, 0.3) is 10.9 Å². The van der Waals surface area contributed by atoms with Crippen molar-refractivity contribution in [3.05, 3.63) is 57.9 Å². The van der Waals surface area contributed by atoms with Crippen LogP contribution in [0.1, 0.15) is 33.6 Å². The van der Waals surface area contributed by atoms with Gasteiger partial charge in [-0.15, -0.1) is 11.3 Å². The molecule has 0 aliphatic carbocycles. The predicted molar refractivity (Wildman–Crippen MR) is 98.3 cm³/mol. The Morgan fingerprint density at radius 2 is 2.08 bits per heavy atom. The third kappa shape index (κ3) is 3.09. The number of nitrogens with zero attached hydrogens (tertiary/aromatic N) is 1. The number of nitrogens with one attached hydrogen (secondary N) is 2. The monoisotopic (exact) mass is 339 g/mol. The second-order valence-corrected chi connectivity index (χ2v) is 7.32. The van der Waals surface area contributed by atoms with Gasteiger partial charge in [-0.1, -0.05) is 12.1 Å². The average Bonchev–Trinajstić information content (AvgIpc) is 3.35. The van der Waals surface area contributed by atoms with Crippen LogP contribution in [0.4, 0.5) is 0 Å². The molecule has 4 rings (SSSR count). The molecule has 0 atom stereocenters. The van der Waals surface area contributed by atoms with E-state index in [4.69, 9.17) is 0 Å². The quantitative estimate of drug-likeness (QED) is 0.744. The van der Waals surface area contributed by atoms with E-state index in [1.165, 1.54) is 23.3 Å². The molecule has 0 radical (unpaired) electrons. The number of H-pyrrole nitrogens is 1. The lowest BCUT2D eigenvalue weighted by atomic mass is 10.1. The third-order valence-corrected chi connectivity index (χ3v) is 5.50. The van der Waals surface area contributed by atoms with Crippen LogP contribution in [0.5, 0.6) is 0 Å². The molecule has 0 unspecified atom stereocenters. The molecule has 1 fully saturated rings. The highest BCUT2D eigenvalue weighted by molar-refractivity contribution is 7.09. The number of carbonyl (C=O) groups excluding carboxylic acids is 1. The molecule has 2 aromatic heterocycles. The molecule has 5 heteroatoms. The zero-order chi connectivity index (χ0) is 16.4. The minimum Gasteiger partial charge on any atom is -0.361 e. The Balaban J connectivity index is 1.59. The summed E-state index contributed by atoms with van der Waals surface area (Å²) in [5, 5.41) is 6.14. The zero-order valence-electron chi connectivity index (χ0n) is 13.5. The molecule has 24 heavy (non-hydrogen) atoms. The summed E-state index contributed by atoms with van der Waals surface area (Å²) in [4.78, 5) is 19.7. The van der Waals surface area contributed by atoms with Crippen molar-refractivity contribution in [1.82, 2.24) is 15.2 Å². The van der Waals surface area contributed by atoms with Crippen LogP contribution in [0.3, 0.4) is 0 Å². The van der Waals surface area contributed by atoms with E-state index in [0.717, 1.165) is 36.1 Å². The van der Waals surface area contributed by atoms with Gasteiger partial charge >= 0.3 is 0 Å². The Labute approximate surface area is 145 Å². The van der Waals surface area contributed by atoms with Crippen LogP contribution in [-0.4, -0.2) is 28.9 Å². The van der Waals surface area contributed by atoms with Crippen molar-refractivity contribution in [3.8, 4) is 0 Å². The van der Waals surface area contributed by atoms with E-state index >= 15 is 0 Å². The number of fused-ring (bicyclic) bond motifs is 1. The highest BCUT2D eigenvalue weighted by atomic mass is 32.1. The van der Waals surface area contributed by atoms with Gasteiger partial charge in [0.2, 0.25) is 0 Å². The fraction of sp³-hybridized carbons (Fsp3) is 0.316. The largest absolute Gasteiger partial charge is 0.361 e. The van der Waals surface area contributed by atoms with Crippen molar-refractivity contribution in [3.63, 3.8) is 0 Å². The number of hydrogen-bond donors (Lipinski definition) is 2. The molecule has 0 spiro atoms. The Kier molecular flexibility index (Phi) is 4.36. The average molecular weight is 339 g/mol. The van der Waals surface area contributed by atoms with E-state index in [1.54, 1.807) is 11.3 Å². The molecule has 124 valence electrons. The molecule has 1 aromatic carbocycles. The number of benzene rings is 1. The maximum Gasteiger partial charge on any atom is 0.252 e. The smallest absolute Gasteiger partial charge is 0.252 e. The van der Waals surface area contributed by atoms with Crippen molar-refractivity contribution in [2.45, 2.75) is 25.9 Å². The highest BCUT2D eigenvalue weighted by Crippen LogP contribution is 2.25. The second kappa shape index (κ2) is 6.79. The minimum atomic E-state index is -0.00345. The summed E-state index contributed by atoms with van der Waals surface area (Å²) in [6.45, 7) is 3.80. The first-order valence-corrected chi connectivity index (χ1v) is 9.31. The van der Waals surface area contributed by atoms with Gasteiger partial charge in [0, 0.05) is 34.1 Å². The van der Waals surface area contributed by atoms with E-state index in [-0.39, 0.29) is 5.91 Å². The summed E-state index contributed by atoms with van der Waals surface area (Å²) in [5.41, 5.74) is 3.02. The molecular formula is C19H21N3OS. The number of aromatic amines is 1. The fourth-order valence-corrected chi connectivity index (χ4v) is 4.07. The van der Waals surface area contributed by atoms with Crippen LogP contribution < -0.4 is 5.32 Å². The molecule has 1 aliphatic rings. The maximum atomic E-state index is 12.7. The standard InChI is InChI=1S/C19H21N3OS/c23-19(21-12-15-5-4-10-24-15)16-6-3-7-17-18(16)14(11-20-17)13-22-8-1-2-9-22/h3-7,10-11,20H,1-2,8-9,12-13H2,(H,21,23). The Bertz CT molecular complexity index is 832. The molecule has 1 aliphatic heterocycles. The number of thiophene rings is 1. The van der Waals surface area contributed by atoms with Crippen LogP contribution >= 0.6 is 11.3 Å². The maximum absolute atomic E-state index is 12.7. The molecule has 3 aromatic rings. The molecule has 1 saturated heterocycles. The third-order valence-electron chi connectivity index (χ3n) is 4.63. The van der Waals surface area contributed by atoms with Gasteiger partial charge in [-0.05, 0) is 55.1 Å². The van der Waals surface area contributed by atoms with E-state index < -0.39 is 0 Å². The van der Waals surface area contributed by atoms with Crippen LogP contribution in [0, 0.1) is 0 Å². The van der Waals surface area contributed by atoms with Gasteiger partial charge in [0.25, 0.3) is 5.91 Å². The Hall–Kier alpha value is -2.11. The zero-order valence-corrected chi connectivity index (χ0v) is 14.4. The summed E-state index contributed by atoms with van der Waals surface area (Å²) in [6, 6.07) is 9.96. The van der Waals surface area contributed by atoms with Gasteiger partial charge in [0.1, 0.15) is 0 Å². The summed E-state index contributed by atoms with van der Waals surface area (Å²) < 4.78 is 0. The van der Waals surface area contributed by atoms with Crippen LogP contribution in [0.15, 0.2) is 41.9 Å². The van der Waals surface area contributed by atoms with Crippen molar-refractivity contribution in [1.29, 1.82) is 0 Å². The van der Waals surface area contributed by atoms with Crippen molar-refractivity contribution < 1.29 is 4.79 Å². The summed E-state index contributed by atoms with van der Waals surface area (Å²) in [7, 11) is 0. The van der Waals surface area contributed by atoms with Crippen LogP contribution in [0.2, 0.25) is 0 Å². The number of amides is 1. The fourth-order valence-electron chi connectivity index (χ4n) is 3.43. The highest BCUT2D eigenvalue weighted by Gasteiger charge is 2.18. The van der Waals surface area contributed by atoms with E-state index in [2.05, 4.69) is 21.4 Å². The van der Waals surface area contributed by atoms with Gasteiger partial charge in [-0.25, -0.2) is 0 Å². The molecule has 0 saturated carbocycles. The van der Waals surface area contributed by atoms with Crippen molar-refractivity contribution >= 4 is 28.1 Å². The lowest BCUT2D eigenvalue weighted by Crippen LogP contribution is -2.23. The molecular weight excluding hydrogens is 318 g/mol. The Morgan fingerprint density at radius 3 is 2.88 bits per heavy atom. The van der Waals surface area contributed by atoms with E-state index in [0.29, 0.717) is 6.54 Å². The van der Waals surface area contributed by atoms with E-state index in [9.17, 15) is 4.79 Å². The first kappa shape index (κ1) is 15.4. The van der Waals surface area contributed by atoms with Gasteiger partial charge < -0.3 is 10.3 Å². The molecule has 4 nitrogen and oxygen atoms in total. The first-order chi connectivity index (χ1) is 11.8. The van der Waals surface area contributed by atoms with Gasteiger partial charge in [-0.3, -0.25) is 9.69 Å². The first-order valence-electron chi connectivity index (χ1n) is 8.43. The molecule has 2 N–H and O–H groups in total. The lowest BCUT2D eigenvalue weighted by molar-refractivity contribution is 0.0953. The number of likely N-dealkylation sites (tertiary alicyclic amines) is 1. The van der Waals surface area contributed by atoms with Crippen molar-refractivity contribution in [2.75, 3.05) is 13.1 Å². The molecule has 3 heterocycles. The predicted octanol–water partition coefficient (Wildman–Crippen LogP) is 3.76.